The smallest absolute Gasteiger partial charge is 0.227 e. The predicted molar refractivity (Wildman–Crippen MR) is 118 cm³/mol. The van der Waals surface area contributed by atoms with Gasteiger partial charge in [-0.3, -0.25) is 9.79 Å². The number of aliphatic imine (C=N–C) groups is 1. The lowest BCUT2D eigenvalue weighted by molar-refractivity contribution is -0.122. The van der Waals surface area contributed by atoms with Crippen LogP contribution in [0.25, 0.3) is 0 Å². The van der Waals surface area contributed by atoms with E-state index in [4.69, 9.17) is 0 Å². The first-order chi connectivity index (χ1) is 12.2. The Hall–Kier alpha value is -1.31. The van der Waals surface area contributed by atoms with Crippen LogP contribution >= 0.6 is 24.0 Å². The predicted octanol–water partition coefficient (Wildman–Crippen LogP) is 4.04. The van der Waals surface area contributed by atoms with E-state index in [-0.39, 0.29) is 35.8 Å². The van der Waals surface area contributed by atoms with E-state index in [1.165, 1.54) is 38.5 Å². The minimum atomic E-state index is 0. The van der Waals surface area contributed by atoms with Crippen LogP contribution in [0.4, 0.5) is 5.69 Å². The highest BCUT2D eigenvalue weighted by molar-refractivity contribution is 14.0. The molecule has 0 radical (unpaired) electrons. The molecule has 2 aliphatic rings. The molecule has 3 N–H and O–H groups in total. The number of hydrogen-bond donors (Lipinski definition) is 3. The molecule has 2 fully saturated rings. The van der Waals surface area contributed by atoms with Gasteiger partial charge in [-0.05, 0) is 43.4 Å². The van der Waals surface area contributed by atoms with Gasteiger partial charge in [0.1, 0.15) is 0 Å². The van der Waals surface area contributed by atoms with Crippen molar-refractivity contribution in [3.63, 3.8) is 0 Å². The van der Waals surface area contributed by atoms with Crippen LogP contribution < -0.4 is 16.0 Å². The molecule has 0 heterocycles. The summed E-state index contributed by atoms with van der Waals surface area (Å²) in [4.78, 5) is 16.4. The van der Waals surface area contributed by atoms with E-state index in [1.807, 2.05) is 25.2 Å². The topological polar surface area (TPSA) is 65.5 Å². The third-order valence-corrected chi connectivity index (χ3v) is 5.30. The highest BCUT2D eigenvalue weighted by atomic mass is 127. The van der Waals surface area contributed by atoms with Crippen molar-refractivity contribution in [3.8, 4) is 0 Å². The quantitative estimate of drug-likeness (QED) is 0.346. The first kappa shape index (κ1) is 21.0. The van der Waals surface area contributed by atoms with Crippen LogP contribution in [0.15, 0.2) is 29.3 Å². The number of carbonyl (C=O) groups is 1. The molecule has 0 aromatic heterocycles. The summed E-state index contributed by atoms with van der Waals surface area (Å²) in [6.07, 6.45) is 9.63. The van der Waals surface area contributed by atoms with Crippen molar-refractivity contribution in [3.05, 3.63) is 29.8 Å². The normalized spacial score (nSPS) is 18.4. The Bertz CT molecular complexity index is 610. The van der Waals surface area contributed by atoms with Crippen molar-refractivity contribution >= 4 is 41.5 Å². The third kappa shape index (κ3) is 6.14. The fourth-order valence-electron chi connectivity index (χ4n) is 3.49. The lowest BCUT2D eigenvalue weighted by Gasteiger charge is -2.25. The Balaban J connectivity index is 0.00000243. The van der Waals surface area contributed by atoms with Gasteiger partial charge >= 0.3 is 0 Å². The fourth-order valence-corrected chi connectivity index (χ4v) is 3.49. The Morgan fingerprint density at radius 2 is 1.88 bits per heavy atom. The van der Waals surface area contributed by atoms with Crippen molar-refractivity contribution in [2.24, 2.45) is 10.9 Å². The van der Waals surface area contributed by atoms with E-state index in [9.17, 15) is 4.79 Å². The van der Waals surface area contributed by atoms with Crippen LogP contribution in [-0.2, 0) is 11.3 Å². The monoisotopic (exact) mass is 470 g/mol. The zero-order valence-corrected chi connectivity index (χ0v) is 17.9. The lowest BCUT2D eigenvalue weighted by Crippen LogP contribution is -2.43. The molecule has 1 amide bonds. The number of nitrogens with one attached hydrogen (secondary N) is 3. The van der Waals surface area contributed by atoms with Gasteiger partial charge in [-0.25, -0.2) is 0 Å². The molecule has 26 heavy (non-hydrogen) atoms. The molecular formula is C20H31IN4O. The maximum Gasteiger partial charge on any atom is 0.227 e. The molecule has 0 aliphatic heterocycles. The minimum Gasteiger partial charge on any atom is -0.354 e. The molecule has 144 valence electrons. The Morgan fingerprint density at radius 3 is 2.54 bits per heavy atom. The number of anilines is 1. The van der Waals surface area contributed by atoms with Crippen LogP contribution in [-0.4, -0.2) is 25.0 Å². The maximum absolute atomic E-state index is 12.1. The van der Waals surface area contributed by atoms with Gasteiger partial charge in [0.15, 0.2) is 5.96 Å². The summed E-state index contributed by atoms with van der Waals surface area (Å²) < 4.78 is 0. The molecule has 1 aromatic rings. The van der Waals surface area contributed by atoms with Gasteiger partial charge < -0.3 is 16.0 Å². The van der Waals surface area contributed by atoms with Crippen LogP contribution in [0, 0.1) is 5.92 Å². The van der Waals surface area contributed by atoms with Gasteiger partial charge in [-0.2, -0.15) is 0 Å². The Morgan fingerprint density at radius 1 is 1.12 bits per heavy atom. The van der Waals surface area contributed by atoms with Crippen LogP contribution in [0.5, 0.6) is 0 Å². The van der Waals surface area contributed by atoms with Gasteiger partial charge in [-0.15, -0.1) is 24.0 Å². The molecule has 2 aliphatic carbocycles. The zero-order chi connectivity index (χ0) is 17.5. The molecule has 0 bridgehead atoms. The number of rotatable bonds is 5. The molecule has 5 nitrogen and oxygen atoms in total. The number of halogens is 1. The van der Waals surface area contributed by atoms with Crippen molar-refractivity contribution in [2.45, 2.75) is 64.0 Å². The second-order valence-electron chi connectivity index (χ2n) is 7.22. The molecule has 0 unspecified atom stereocenters. The minimum absolute atomic E-state index is 0. The Kier molecular flexibility index (Phi) is 8.68. The highest BCUT2D eigenvalue weighted by Crippen LogP contribution is 2.27. The first-order valence-corrected chi connectivity index (χ1v) is 9.61. The van der Waals surface area contributed by atoms with E-state index >= 15 is 0 Å². The van der Waals surface area contributed by atoms with Gasteiger partial charge in [0.25, 0.3) is 0 Å². The van der Waals surface area contributed by atoms with Gasteiger partial charge in [-0.1, -0.05) is 37.8 Å². The summed E-state index contributed by atoms with van der Waals surface area (Å²) in [6.45, 7) is 0.694. The molecule has 6 heteroatoms. The number of benzene rings is 1. The number of hydrogen-bond acceptors (Lipinski definition) is 2. The summed E-state index contributed by atoms with van der Waals surface area (Å²) in [5.41, 5.74) is 2.02. The molecule has 2 saturated carbocycles. The largest absolute Gasteiger partial charge is 0.354 e. The number of guanidine groups is 1. The van der Waals surface area contributed by atoms with Crippen LogP contribution in [0.2, 0.25) is 0 Å². The van der Waals surface area contributed by atoms with Crippen LogP contribution in [0.3, 0.4) is 0 Å². The van der Waals surface area contributed by atoms with E-state index in [1.54, 1.807) is 0 Å². The highest BCUT2D eigenvalue weighted by Gasteiger charge is 2.25. The van der Waals surface area contributed by atoms with E-state index < -0.39 is 0 Å². The second-order valence-corrected chi connectivity index (χ2v) is 7.22. The standard InChI is InChI=1S/C20H30N4O.HI/c1-21-20(24-17-10-3-2-4-11-17)22-14-15-7-5-12-18(13-15)23-19(25)16-8-6-9-16;/h5,7,12-13,16-17H,2-4,6,8-11,14H2,1H3,(H,23,25)(H2,21,22,24);1H. The SMILES string of the molecule is CN=C(NCc1cccc(NC(=O)C2CCC2)c1)NC1CCCCC1.I. The van der Waals surface area contributed by atoms with Crippen LogP contribution in [0.1, 0.15) is 56.9 Å². The molecule has 1 aromatic carbocycles. The molecule has 0 atom stereocenters. The summed E-state index contributed by atoms with van der Waals surface area (Å²) in [6, 6.07) is 8.59. The second kappa shape index (κ2) is 10.7. The maximum atomic E-state index is 12.1. The third-order valence-electron chi connectivity index (χ3n) is 5.30. The van der Waals surface area contributed by atoms with Gasteiger partial charge in [0, 0.05) is 31.2 Å². The molecule has 3 rings (SSSR count). The summed E-state index contributed by atoms with van der Waals surface area (Å²) in [7, 11) is 1.81. The van der Waals surface area contributed by atoms with Gasteiger partial charge in [0.05, 0.1) is 0 Å². The first-order valence-electron chi connectivity index (χ1n) is 9.61. The average molecular weight is 470 g/mol. The molecule has 0 spiro atoms. The van der Waals surface area contributed by atoms with Crippen molar-refractivity contribution in [1.29, 1.82) is 0 Å². The molecular weight excluding hydrogens is 439 g/mol. The summed E-state index contributed by atoms with van der Waals surface area (Å²) in [5.74, 6) is 1.22. The summed E-state index contributed by atoms with van der Waals surface area (Å²) >= 11 is 0. The van der Waals surface area contributed by atoms with Crippen molar-refractivity contribution < 1.29 is 4.79 Å². The Labute approximate surface area is 173 Å². The van der Waals surface area contributed by atoms with Gasteiger partial charge in [0.2, 0.25) is 5.91 Å². The van der Waals surface area contributed by atoms with Crippen molar-refractivity contribution in [1.82, 2.24) is 10.6 Å². The lowest BCUT2D eigenvalue weighted by atomic mass is 9.85. The van der Waals surface area contributed by atoms with E-state index in [2.05, 4.69) is 27.0 Å². The summed E-state index contributed by atoms with van der Waals surface area (Å²) in [5, 5.41) is 9.95. The average Bonchev–Trinajstić information content (AvgIpc) is 2.58. The van der Waals surface area contributed by atoms with E-state index in [0.717, 1.165) is 30.1 Å². The number of carbonyl (C=O) groups excluding carboxylic acids is 1. The van der Waals surface area contributed by atoms with E-state index in [0.29, 0.717) is 12.6 Å². The molecule has 0 saturated heterocycles. The number of nitrogens with zero attached hydrogens (tertiary/aromatic N) is 1. The number of amides is 1. The zero-order valence-electron chi connectivity index (χ0n) is 15.6. The van der Waals surface area contributed by atoms with Crippen molar-refractivity contribution in [2.75, 3.05) is 12.4 Å². The fraction of sp³-hybridized carbons (Fsp3) is 0.600.